The third-order valence-electron chi connectivity index (χ3n) is 14.9. The summed E-state index contributed by atoms with van der Waals surface area (Å²) in [6.07, 6.45) is 1.92. The van der Waals surface area contributed by atoms with E-state index in [1.165, 1.54) is 115 Å². The van der Waals surface area contributed by atoms with Gasteiger partial charge in [0.25, 0.3) is 0 Å². The number of fused-ring (bicyclic) bond motifs is 13. The molecule has 0 saturated carbocycles. The molecular formula is C68H41N3. The first-order chi connectivity index (χ1) is 35.1. The molecule has 2 aromatic heterocycles. The molecular weight excluding hydrogens is 859 g/mol. The molecule has 328 valence electrons. The molecule has 0 aliphatic rings. The summed E-state index contributed by atoms with van der Waals surface area (Å²) in [5.74, 6) is 0. The van der Waals surface area contributed by atoms with Gasteiger partial charge in [-0.15, -0.1) is 0 Å². The SMILES string of the molecule is c1ccc2c(c1)c1ccccc1c1nc(-c3ccc4cc(-c5ccc6cc(-c7ccc8cc(-c9ccc%10cc(-n%11c%12ccccc%12c%12ccccc%12%11)ccc%10c9)ccc8c7)ccc6c5)ccc4c3)cnc21. The van der Waals surface area contributed by atoms with Crippen LogP contribution in [0.3, 0.4) is 0 Å². The molecule has 0 bridgehead atoms. The van der Waals surface area contributed by atoms with Crippen molar-refractivity contribution < 1.29 is 0 Å². The lowest BCUT2D eigenvalue weighted by atomic mass is 9.94. The summed E-state index contributed by atoms with van der Waals surface area (Å²) in [5, 5.41) is 17.0. The highest BCUT2D eigenvalue weighted by atomic mass is 15.0. The minimum atomic E-state index is 0.874. The second-order valence-corrected chi connectivity index (χ2v) is 19.0. The Labute approximate surface area is 409 Å². The van der Waals surface area contributed by atoms with Gasteiger partial charge in [0.2, 0.25) is 0 Å². The van der Waals surface area contributed by atoms with Crippen LogP contribution in [0.2, 0.25) is 0 Å². The summed E-state index contributed by atoms with van der Waals surface area (Å²) < 4.78 is 2.39. The van der Waals surface area contributed by atoms with Gasteiger partial charge in [-0.2, -0.15) is 0 Å². The second kappa shape index (κ2) is 15.5. The molecule has 0 N–H and O–H groups in total. The number of rotatable bonds is 5. The molecule has 0 aliphatic heterocycles. The molecule has 13 aromatic carbocycles. The lowest BCUT2D eigenvalue weighted by Gasteiger charge is -2.11. The quantitative estimate of drug-likeness (QED) is 0.161. The molecule has 0 saturated heterocycles. The molecule has 0 amide bonds. The molecule has 0 atom stereocenters. The summed E-state index contributed by atoms with van der Waals surface area (Å²) in [7, 11) is 0. The van der Waals surface area contributed by atoms with Gasteiger partial charge < -0.3 is 4.57 Å². The molecule has 0 aliphatic carbocycles. The number of benzene rings is 13. The maximum Gasteiger partial charge on any atom is 0.0979 e. The number of aromatic nitrogens is 3. The predicted molar refractivity (Wildman–Crippen MR) is 301 cm³/mol. The highest BCUT2D eigenvalue weighted by Crippen LogP contribution is 2.38. The van der Waals surface area contributed by atoms with Gasteiger partial charge in [0.05, 0.1) is 34.0 Å². The molecule has 3 nitrogen and oxygen atoms in total. The lowest BCUT2D eigenvalue weighted by Crippen LogP contribution is -1.93. The topological polar surface area (TPSA) is 30.7 Å². The van der Waals surface area contributed by atoms with E-state index in [9.17, 15) is 0 Å². The number of hydrogen-bond acceptors (Lipinski definition) is 2. The molecule has 71 heavy (non-hydrogen) atoms. The van der Waals surface area contributed by atoms with Gasteiger partial charge >= 0.3 is 0 Å². The second-order valence-electron chi connectivity index (χ2n) is 19.0. The van der Waals surface area contributed by atoms with Crippen LogP contribution in [-0.2, 0) is 0 Å². The maximum absolute atomic E-state index is 5.24. The Morgan fingerprint density at radius 3 is 1.01 bits per heavy atom. The zero-order valence-electron chi connectivity index (χ0n) is 38.5. The van der Waals surface area contributed by atoms with E-state index in [-0.39, 0.29) is 0 Å². The molecule has 0 fully saturated rings. The van der Waals surface area contributed by atoms with Crippen molar-refractivity contribution >= 4 is 97.5 Å². The van der Waals surface area contributed by atoms with E-state index in [2.05, 4.69) is 247 Å². The van der Waals surface area contributed by atoms with Crippen LogP contribution in [0, 0.1) is 0 Å². The highest BCUT2D eigenvalue weighted by molar-refractivity contribution is 6.23. The minimum absolute atomic E-state index is 0.874. The molecule has 15 aromatic rings. The monoisotopic (exact) mass is 899 g/mol. The van der Waals surface area contributed by atoms with Crippen LogP contribution >= 0.6 is 0 Å². The summed E-state index contributed by atoms with van der Waals surface area (Å²) in [4.78, 5) is 10.2. The third-order valence-corrected chi connectivity index (χ3v) is 14.9. The van der Waals surface area contributed by atoms with Gasteiger partial charge in [-0.05, 0) is 154 Å². The molecule has 2 heterocycles. The third kappa shape index (κ3) is 6.44. The van der Waals surface area contributed by atoms with E-state index in [1.54, 1.807) is 0 Å². The van der Waals surface area contributed by atoms with E-state index in [1.807, 2.05) is 6.20 Å². The fourth-order valence-electron chi connectivity index (χ4n) is 11.3. The van der Waals surface area contributed by atoms with Crippen molar-refractivity contribution in [2.75, 3.05) is 0 Å². The Balaban J connectivity index is 0.685. The average Bonchev–Trinajstić information content (AvgIpc) is 3.78. The van der Waals surface area contributed by atoms with Crippen LogP contribution in [0.5, 0.6) is 0 Å². The lowest BCUT2D eigenvalue weighted by molar-refractivity contribution is 1.19. The van der Waals surface area contributed by atoms with E-state index >= 15 is 0 Å². The number of hydrogen-bond donors (Lipinski definition) is 0. The zero-order chi connectivity index (χ0) is 46.6. The van der Waals surface area contributed by atoms with Gasteiger partial charge in [-0.1, -0.05) is 176 Å². The normalized spacial score (nSPS) is 11.9. The smallest absolute Gasteiger partial charge is 0.0979 e. The summed E-state index contributed by atoms with van der Waals surface area (Å²) in [6, 6.07) is 88.8. The van der Waals surface area contributed by atoms with Gasteiger partial charge in [0.1, 0.15) is 0 Å². The van der Waals surface area contributed by atoms with Crippen molar-refractivity contribution in [2.24, 2.45) is 0 Å². The van der Waals surface area contributed by atoms with Crippen molar-refractivity contribution in [1.82, 2.24) is 14.5 Å². The average molecular weight is 900 g/mol. The standard InChI is InChI=1S/C68H41N3/c1-3-13-62-58(9-1)59-10-2-4-14-63(59)68-67(62)69-41-64(70-68)56-30-29-52-37-50(25-26-53(52)39-56)48-22-21-44-33-42(17-18-45(44)35-48)43-19-20-47-36-49(24-23-46(47)34-43)51-27-28-55-40-57(32-31-54(55)38-51)71-65-15-7-5-11-60(65)61-12-6-8-16-66(61)71/h1-41H. The minimum Gasteiger partial charge on any atom is -0.309 e. The summed E-state index contributed by atoms with van der Waals surface area (Å²) >= 11 is 0. The number of nitrogens with zero attached hydrogens (tertiary/aromatic N) is 3. The van der Waals surface area contributed by atoms with E-state index in [0.29, 0.717) is 0 Å². The van der Waals surface area contributed by atoms with Crippen LogP contribution < -0.4 is 0 Å². The van der Waals surface area contributed by atoms with Crippen molar-refractivity contribution in [3.63, 3.8) is 0 Å². The van der Waals surface area contributed by atoms with Crippen LogP contribution in [0.25, 0.3) is 148 Å². The van der Waals surface area contributed by atoms with E-state index in [4.69, 9.17) is 9.97 Å². The highest BCUT2D eigenvalue weighted by Gasteiger charge is 2.15. The summed E-state index contributed by atoms with van der Waals surface area (Å²) in [6.45, 7) is 0. The predicted octanol–water partition coefficient (Wildman–Crippen LogP) is 18.3. The Hall–Kier alpha value is -9.44. The van der Waals surface area contributed by atoms with Crippen LogP contribution in [0.4, 0.5) is 0 Å². The molecule has 0 radical (unpaired) electrons. The summed E-state index contributed by atoms with van der Waals surface area (Å²) in [5.41, 5.74) is 14.7. The molecule has 0 spiro atoms. The van der Waals surface area contributed by atoms with Gasteiger partial charge in [-0.3, -0.25) is 4.98 Å². The van der Waals surface area contributed by atoms with E-state index in [0.717, 1.165) is 33.1 Å². The Morgan fingerprint density at radius 2 is 0.577 bits per heavy atom. The number of para-hydroxylation sites is 2. The molecule has 3 heteroatoms. The Bertz CT molecular complexity index is 4620. The van der Waals surface area contributed by atoms with Crippen molar-refractivity contribution in [2.45, 2.75) is 0 Å². The van der Waals surface area contributed by atoms with Gasteiger partial charge in [0, 0.05) is 32.8 Å². The Kier molecular flexibility index (Phi) is 8.66. The van der Waals surface area contributed by atoms with Crippen molar-refractivity contribution in [1.29, 1.82) is 0 Å². The van der Waals surface area contributed by atoms with Gasteiger partial charge in [-0.25, -0.2) is 4.98 Å². The largest absolute Gasteiger partial charge is 0.309 e. The first kappa shape index (κ1) is 39.5. The maximum atomic E-state index is 5.24. The molecule has 15 rings (SSSR count). The van der Waals surface area contributed by atoms with Crippen molar-refractivity contribution in [3.05, 3.63) is 249 Å². The van der Waals surface area contributed by atoms with Crippen LogP contribution in [0.1, 0.15) is 0 Å². The van der Waals surface area contributed by atoms with Crippen molar-refractivity contribution in [3.8, 4) is 50.3 Å². The van der Waals surface area contributed by atoms with Gasteiger partial charge in [0.15, 0.2) is 0 Å². The van der Waals surface area contributed by atoms with Crippen LogP contribution in [-0.4, -0.2) is 14.5 Å². The van der Waals surface area contributed by atoms with E-state index < -0.39 is 0 Å². The van der Waals surface area contributed by atoms with Crippen LogP contribution in [0.15, 0.2) is 249 Å². The fourth-order valence-corrected chi connectivity index (χ4v) is 11.3. The first-order valence-corrected chi connectivity index (χ1v) is 24.4. The first-order valence-electron chi connectivity index (χ1n) is 24.4. The molecule has 0 unspecified atom stereocenters. The fraction of sp³-hybridized carbons (Fsp3) is 0. The zero-order valence-corrected chi connectivity index (χ0v) is 38.5. The Morgan fingerprint density at radius 1 is 0.254 bits per heavy atom.